The van der Waals surface area contributed by atoms with Crippen LogP contribution in [0.3, 0.4) is 0 Å². The van der Waals surface area contributed by atoms with Crippen molar-refractivity contribution < 1.29 is 4.79 Å². The summed E-state index contributed by atoms with van der Waals surface area (Å²) in [5.74, 6) is 0. The van der Waals surface area contributed by atoms with Gasteiger partial charge < -0.3 is 5.32 Å². The van der Waals surface area contributed by atoms with Crippen molar-refractivity contribution in [1.29, 1.82) is 0 Å². The summed E-state index contributed by atoms with van der Waals surface area (Å²) >= 11 is 0. The Hall–Kier alpha value is -2.68. The highest BCUT2D eigenvalue weighted by atomic mass is 16.1. The van der Waals surface area contributed by atoms with E-state index >= 15 is 0 Å². The van der Waals surface area contributed by atoms with Crippen molar-refractivity contribution in [3.05, 3.63) is 65.9 Å². The molecule has 2 aromatic carbocycles. The molecule has 1 aromatic heterocycles. The predicted molar refractivity (Wildman–Crippen MR) is 81.6 cm³/mol. The summed E-state index contributed by atoms with van der Waals surface area (Å²) in [7, 11) is 0. The van der Waals surface area contributed by atoms with Crippen LogP contribution in [-0.4, -0.2) is 11.3 Å². The van der Waals surface area contributed by atoms with E-state index < -0.39 is 0 Å². The fourth-order valence-corrected chi connectivity index (χ4v) is 2.21. The Morgan fingerprint density at radius 1 is 1.10 bits per heavy atom. The molecule has 0 amide bonds. The molecule has 1 N–H and O–H groups in total. The number of hydrogen-bond donors (Lipinski definition) is 1. The van der Waals surface area contributed by atoms with Gasteiger partial charge in [0, 0.05) is 28.5 Å². The molecule has 0 unspecified atom stereocenters. The molecule has 3 nitrogen and oxygen atoms in total. The zero-order chi connectivity index (χ0) is 13.9. The van der Waals surface area contributed by atoms with Gasteiger partial charge in [-0.05, 0) is 37.3 Å². The zero-order valence-electron chi connectivity index (χ0n) is 11.1. The zero-order valence-corrected chi connectivity index (χ0v) is 11.1. The number of anilines is 2. The maximum absolute atomic E-state index is 10.8. The molecule has 0 saturated heterocycles. The number of aromatic nitrogens is 1. The summed E-state index contributed by atoms with van der Waals surface area (Å²) in [6.07, 6.45) is 2.63. The molecule has 98 valence electrons. The first-order chi connectivity index (χ1) is 9.76. The summed E-state index contributed by atoms with van der Waals surface area (Å²) in [4.78, 5) is 15.2. The normalized spacial score (nSPS) is 10.4. The smallest absolute Gasteiger partial charge is 0.150 e. The Labute approximate surface area is 117 Å². The van der Waals surface area contributed by atoms with Crippen LogP contribution in [0.5, 0.6) is 0 Å². The van der Waals surface area contributed by atoms with Gasteiger partial charge in [-0.2, -0.15) is 0 Å². The SMILES string of the molecule is Cc1ccc2nccc(Nc3cccc(C=O)c3)c2c1. The minimum Gasteiger partial charge on any atom is -0.355 e. The van der Waals surface area contributed by atoms with Crippen LogP contribution in [0.2, 0.25) is 0 Å². The summed E-state index contributed by atoms with van der Waals surface area (Å²) in [5, 5.41) is 4.42. The van der Waals surface area contributed by atoms with Crippen molar-refractivity contribution in [2.75, 3.05) is 5.32 Å². The van der Waals surface area contributed by atoms with E-state index in [1.807, 2.05) is 36.4 Å². The first-order valence-electron chi connectivity index (χ1n) is 6.44. The Morgan fingerprint density at radius 2 is 2.00 bits per heavy atom. The average Bonchev–Trinajstić information content (AvgIpc) is 2.48. The summed E-state index contributed by atoms with van der Waals surface area (Å²) < 4.78 is 0. The number of nitrogens with zero attached hydrogens (tertiary/aromatic N) is 1. The van der Waals surface area contributed by atoms with Gasteiger partial charge in [0.1, 0.15) is 6.29 Å². The monoisotopic (exact) mass is 262 g/mol. The van der Waals surface area contributed by atoms with Crippen LogP contribution in [0.15, 0.2) is 54.7 Å². The first-order valence-corrected chi connectivity index (χ1v) is 6.44. The maximum Gasteiger partial charge on any atom is 0.150 e. The van der Waals surface area contributed by atoms with Crippen molar-refractivity contribution in [2.24, 2.45) is 0 Å². The minimum absolute atomic E-state index is 0.657. The maximum atomic E-state index is 10.8. The molecule has 0 saturated carbocycles. The van der Waals surface area contributed by atoms with E-state index in [0.29, 0.717) is 5.56 Å². The molecule has 3 rings (SSSR count). The van der Waals surface area contributed by atoms with Gasteiger partial charge in [0.05, 0.1) is 5.52 Å². The molecule has 0 spiro atoms. The standard InChI is InChI=1S/C17H14N2O/c1-12-5-6-16-15(9-12)17(7-8-18-16)19-14-4-2-3-13(10-14)11-20/h2-11H,1H3,(H,18,19). The third-order valence-electron chi connectivity index (χ3n) is 3.20. The highest BCUT2D eigenvalue weighted by Crippen LogP contribution is 2.26. The number of hydrogen-bond acceptors (Lipinski definition) is 3. The van der Waals surface area contributed by atoms with Gasteiger partial charge in [-0.15, -0.1) is 0 Å². The van der Waals surface area contributed by atoms with Crippen LogP contribution in [0.1, 0.15) is 15.9 Å². The molecule has 3 heteroatoms. The van der Waals surface area contributed by atoms with Crippen LogP contribution in [0, 0.1) is 6.92 Å². The third-order valence-corrected chi connectivity index (χ3v) is 3.20. The van der Waals surface area contributed by atoms with Gasteiger partial charge in [-0.3, -0.25) is 9.78 Å². The summed E-state index contributed by atoms with van der Waals surface area (Å²) in [6.45, 7) is 2.06. The van der Waals surface area contributed by atoms with E-state index in [-0.39, 0.29) is 0 Å². The molecular weight excluding hydrogens is 248 g/mol. The molecule has 0 bridgehead atoms. The number of nitrogens with one attached hydrogen (secondary N) is 1. The molecule has 0 aliphatic carbocycles. The van der Waals surface area contributed by atoms with Gasteiger partial charge in [0.15, 0.2) is 0 Å². The number of carbonyl (C=O) groups is 1. The Balaban J connectivity index is 2.05. The second-order valence-electron chi connectivity index (χ2n) is 4.75. The van der Waals surface area contributed by atoms with Gasteiger partial charge in [-0.1, -0.05) is 23.8 Å². The molecule has 0 radical (unpaired) electrons. The molecule has 20 heavy (non-hydrogen) atoms. The Kier molecular flexibility index (Phi) is 3.17. The van der Waals surface area contributed by atoms with E-state index in [9.17, 15) is 4.79 Å². The lowest BCUT2D eigenvalue weighted by molar-refractivity contribution is 0.112. The van der Waals surface area contributed by atoms with E-state index in [2.05, 4.69) is 23.3 Å². The number of carbonyl (C=O) groups excluding carboxylic acids is 1. The molecule has 0 aliphatic rings. The number of aryl methyl sites for hydroxylation is 1. The highest BCUT2D eigenvalue weighted by Gasteiger charge is 2.03. The van der Waals surface area contributed by atoms with Crippen LogP contribution in [0.4, 0.5) is 11.4 Å². The van der Waals surface area contributed by atoms with Crippen molar-refractivity contribution in [3.63, 3.8) is 0 Å². The molecule has 0 aliphatic heterocycles. The summed E-state index contributed by atoms with van der Waals surface area (Å²) in [6, 6.07) is 15.5. The number of fused-ring (bicyclic) bond motifs is 1. The lowest BCUT2D eigenvalue weighted by Crippen LogP contribution is -1.94. The van der Waals surface area contributed by atoms with E-state index in [1.165, 1.54) is 5.56 Å². The average molecular weight is 262 g/mol. The Morgan fingerprint density at radius 3 is 2.85 bits per heavy atom. The van der Waals surface area contributed by atoms with Crippen molar-refractivity contribution in [2.45, 2.75) is 6.92 Å². The fourth-order valence-electron chi connectivity index (χ4n) is 2.21. The number of rotatable bonds is 3. The summed E-state index contributed by atoms with van der Waals surface area (Å²) in [5.41, 5.74) is 4.68. The lowest BCUT2D eigenvalue weighted by Gasteiger charge is -2.10. The second kappa shape index (κ2) is 5.13. The molecule has 1 heterocycles. The van der Waals surface area contributed by atoms with Gasteiger partial charge in [-0.25, -0.2) is 0 Å². The van der Waals surface area contributed by atoms with Gasteiger partial charge >= 0.3 is 0 Å². The molecule has 0 fully saturated rings. The van der Waals surface area contributed by atoms with Gasteiger partial charge in [0.25, 0.3) is 0 Å². The quantitative estimate of drug-likeness (QED) is 0.722. The molecule has 3 aromatic rings. The topological polar surface area (TPSA) is 42.0 Å². The third kappa shape index (κ3) is 2.38. The van der Waals surface area contributed by atoms with Crippen LogP contribution in [-0.2, 0) is 0 Å². The van der Waals surface area contributed by atoms with Crippen molar-refractivity contribution >= 4 is 28.6 Å². The van der Waals surface area contributed by atoms with Crippen molar-refractivity contribution in [3.8, 4) is 0 Å². The minimum atomic E-state index is 0.657. The molecular formula is C17H14N2O. The van der Waals surface area contributed by atoms with E-state index in [0.717, 1.165) is 28.6 Å². The lowest BCUT2D eigenvalue weighted by atomic mass is 10.1. The van der Waals surface area contributed by atoms with Crippen LogP contribution < -0.4 is 5.32 Å². The largest absolute Gasteiger partial charge is 0.355 e. The van der Waals surface area contributed by atoms with E-state index in [4.69, 9.17) is 0 Å². The number of pyridine rings is 1. The van der Waals surface area contributed by atoms with Crippen LogP contribution in [0.25, 0.3) is 10.9 Å². The van der Waals surface area contributed by atoms with Crippen LogP contribution >= 0.6 is 0 Å². The highest BCUT2D eigenvalue weighted by molar-refractivity contribution is 5.93. The van der Waals surface area contributed by atoms with Gasteiger partial charge in [0.2, 0.25) is 0 Å². The predicted octanol–water partition coefficient (Wildman–Crippen LogP) is 4.10. The van der Waals surface area contributed by atoms with E-state index in [1.54, 1.807) is 12.3 Å². The first kappa shape index (κ1) is 12.4. The number of benzene rings is 2. The van der Waals surface area contributed by atoms with Crippen molar-refractivity contribution in [1.82, 2.24) is 4.98 Å². The fraction of sp³-hybridized carbons (Fsp3) is 0.0588. The molecule has 0 atom stereocenters. The Bertz CT molecular complexity index is 781. The number of aldehydes is 1. The second-order valence-corrected chi connectivity index (χ2v) is 4.75.